The standard InChI is InChI=1S/C30H43ClN8O2S/c1-18(2)42(40)29-26(17-39(5)38-29)35-28-24(31)16-34-30(37-28)36-25-14-19(3)23(15-27(25)41-22-10-11-22)20-6-8-21(9-7-20)33-13-12-32-4/h14-18,20-22,32-33H,6-13H2,1-5H3,(H2,34,35,36,37). The number of hydrogen-bond acceptors (Lipinski definition) is 9. The number of rotatable bonds is 13. The average molecular weight is 615 g/mol. The first-order valence-electron chi connectivity index (χ1n) is 14.9. The highest BCUT2D eigenvalue weighted by molar-refractivity contribution is 7.85. The van der Waals surface area contributed by atoms with Gasteiger partial charge in [-0.15, -0.1) is 0 Å². The average Bonchev–Trinajstić information content (AvgIpc) is 3.71. The molecule has 2 heterocycles. The molecular weight excluding hydrogens is 572 g/mol. The predicted molar refractivity (Wildman–Crippen MR) is 170 cm³/mol. The maximum atomic E-state index is 12.8. The summed E-state index contributed by atoms with van der Waals surface area (Å²) in [6.45, 7) is 7.98. The van der Waals surface area contributed by atoms with Crippen molar-refractivity contribution in [2.75, 3.05) is 30.8 Å². The normalized spacial score (nSPS) is 19.6. The fourth-order valence-electron chi connectivity index (χ4n) is 5.40. The van der Waals surface area contributed by atoms with Gasteiger partial charge in [0, 0.05) is 37.6 Å². The third kappa shape index (κ3) is 7.61. The van der Waals surface area contributed by atoms with Gasteiger partial charge in [0.15, 0.2) is 10.8 Å². The summed E-state index contributed by atoms with van der Waals surface area (Å²) in [5.74, 6) is 2.15. The molecule has 1 aromatic carbocycles. The topological polar surface area (TPSA) is 118 Å². The van der Waals surface area contributed by atoms with E-state index >= 15 is 0 Å². The lowest BCUT2D eigenvalue weighted by molar-refractivity contribution is 0.303. The number of hydrogen-bond donors (Lipinski definition) is 4. The van der Waals surface area contributed by atoms with Crippen LogP contribution in [0.25, 0.3) is 0 Å². The lowest BCUT2D eigenvalue weighted by atomic mass is 9.80. The van der Waals surface area contributed by atoms with Crippen LogP contribution in [-0.4, -0.2) is 61.5 Å². The van der Waals surface area contributed by atoms with Crippen molar-refractivity contribution in [1.82, 2.24) is 30.4 Å². The Bertz CT molecular complexity index is 1400. The van der Waals surface area contributed by atoms with Gasteiger partial charge in [-0.25, -0.2) is 4.98 Å². The minimum Gasteiger partial charge on any atom is -0.488 e. The summed E-state index contributed by atoms with van der Waals surface area (Å²) in [5.41, 5.74) is 4.03. The molecule has 0 bridgehead atoms. The first-order valence-corrected chi connectivity index (χ1v) is 16.5. The Morgan fingerprint density at radius 2 is 1.86 bits per heavy atom. The van der Waals surface area contributed by atoms with Gasteiger partial charge >= 0.3 is 0 Å². The van der Waals surface area contributed by atoms with Crippen molar-refractivity contribution in [3.63, 3.8) is 0 Å². The molecule has 10 nitrogen and oxygen atoms in total. The predicted octanol–water partition coefficient (Wildman–Crippen LogP) is 5.55. The van der Waals surface area contributed by atoms with Crippen LogP contribution in [0.5, 0.6) is 5.75 Å². The van der Waals surface area contributed by atoms with E-state index in [1.165, 1.54) is 36.8 Å². The molecule has 12 heteroatoms. The number of ether oxygens (including phenoxy) is 1. The highest BCUT2D eigenvalue weighted by Gasteiger charge is 2.28. The van der Waals surface area contributed by atoms with Crippen molar-refractivity contribution in [2.24, 2.45) is 7.05 Å². The molecule has 0 aliphatic heterocycles. The minimum atomic E-state index is -1.28. The fourth-order valence-corrected chi connectivity index (χ4v) is 6.52. The van der Waals surface area contributed by atoms with Gasteiger partial charge in [0.25, 0.3) is 0 Å². The number of aryl methyl sites for hydroxylation is 2. The molecule has 0 radical (unpaired) electrons. The van der Waals surface area contributed by atoms with E-state index < -0.39 is 10.8 Å². The van der Waals surface area contributed by atoms with Gasteiger partial charge < -0.3 is 26.0 Å². The number of nitrogens with zero attached hydrogens (tertiary/aromatic N) is 4. The van der Waals surface area contributed by atoms with E-state index in [1.54, 1.807) is 24.1 Å². The highest BCUT2D eigenvalue weighted by Crippen LogP contribution is 2.41. The van der Waals surface area contributed by atoms with Crippen molar-refractivity contribution >= 4 is 45.5 Å². The molecule has 2 aliphatic rings. The Morgan fingerprint density at radius 1 is 1.10 bits per heavy atom. The molecule has 1 atom stereocenters. The molecule has 228 valence electrons. The van der Waals surface area contributed by atoms with E-state index in [0.717, 1.165) is 37.4 Å². The van der Waals surface area contributed by atoms with Crippen LogP contribution in [-0.2, 0) is 17.8 Å². The van der Waals surface area contributed by atoms with Crippen LogP contribution in [0.2, 0.25) is 5.02 Å². The first-order chi connectivity index (χ1) is 20.2. The molecule has 2 fully saturated rings. The van der Waals surface area contributed by atoms with Crippen molar-refractivity contribution in [2.45, 2.75) is 87.6 Å². The van der Waals surface area contributed by atoms with E-state index in [-0.39, 0.29) is 11.4 Å². The second-order valence-electron chi connectivity index (χ2n) is 11.6. The molecule has 5 rings (SSSR count). The Morgan fingerprint density at radius 3 is 2.55 bits per heavy atom. The molecule has 2 aliphatic carbocycles. The molecule has 4 N–H and O–H groups in total. The number of nitrogens with one attached hydrogen (secondary N) is 4. The Balaban J connectivity index is 1.35. The lowest BCUT2D eigenvalue weighted by Gasteiger charge is -2.31. The zero-order valence-corrected chi connectivity index (χ0v) is 26.7. The second kappa shape index (κ2) is 13.7. The Labute approximate surface area is 256 Å². The quantitative estimate of drug-likeness (QED) is 0.184. The van der Waals surface area contributed by atoms with Gasteiger partial charge in [-0.3, -0.25) is 8.89 Å². The SMILES string of the molecule is CNCCNC1CCC(c2cc(OC3CC3)c(Nc3ncc(Cl)c(Nc4cn(C)nc4S(=O)C(C)C)n3)cc2C)CC1. The summed E-state index contributed by atoms with van der Waals surface area (Å²) in [5, 5.41) is 18.6. The molecule has 1 unspecified atom stereocenters. The lowest BCUT2D eigenvalue weighted by Crippen LogP contribution is -2.36. The number of aromatic nitrogens is 4. The minimum absolute atomic E-state index is 0.0790. The van der Waals surface area contributed by atoms with Gasteiger partial charge in [-0.2, -0.15) is 10.1 Å². The molecule has 0 saturated heterocycles. The summed E-state index contributed by atoms with van der Waals surface area (Å²) < 4.78 is 20.9. The van der Waals surface area contributed by atoms with E-state index in [4.69, 9.17) is 16.3 Å². The van der Waals surface area contributed by atoms with Crippen LogP contribution in [0.1, 0.15) is 69.4 Å². The zero-order chi connectivity index (χ0) is 29.8. The first kappa shape index (κ1) is 30.7. The summed E-state index contributed by atoms with van der Waals surface area (Å²) in [7, 11) is 2.51. The van der Waals surface area contributed by atoms with Crippen LogP contribution < -0.4 is 26.0 Å². The summed E-state index contributed by atoms with van der Waals surface area (Å²) >= 11 is 6.49. The summed E-state index contributed by atoms with van der Waals surface area (Å²) in [6.07, 6.45) is 10.4. The number of likely N-dealkylation sites (N-methyl/N-ethyl adjacent to an activating group) is 1. The van der Waals surface area contributed by atoms with Crippen LogP contribution in [0.3, 0.4) is 0 Å². The smallest absolute Gasteiger partial charge is 0.229 e. The van der Waals surface area contributed by atoms with Crippen LogP contribution >= 0.6 is 11.6 Å². The van der Waals surface area contributed by atoms with Crippen LogP contribution in [0.4, 0.5) is 23.1 Å². The van der Waals surface area contributed by atoms with Gasteiger partial charge in [0.1, 0.15) is 10.8 Å². The van der Waals surface area contributed by atoms with Gasteiger partial charge in [-0.05, 0) is 81.7 Å². The molecule has 2 aromatic heterocycles. The number of anilines is 4. The molecular formula is C30H43ClN8O2S. The van der Waals surface area contributed by atoms with E-state index in [9.17, 15) is 4.21 Å². The molecule has 0 spiro atoms. The fraction of sp³-hybridized carbons (Fsp3) is 0.567. The maximum absolute atomic E-state index is 12.8. The zero-order valence-electron chi connectivity index (χ0n) is 25.2. The van der Waals surface area contributed by atoms with Crippen molar-refractivity contribution < 1.29 is 8.95 Å². The third-order valence-electron chi connectivity index (χ3n) is 7.82. The van der Waals surface area contributed by atoms with Crippen molar-refractivity contribution in [3.8, 4) is 5.75 Å². The Hall–Kier alpha value is -2.73. The summed E-state index contributed by atoms with van der Waals surface area (Å²) in [6, 6.07) is 4.98. The molecule has 2 saturated carbocycles. The second-order valence-corrected chi connectivity index (χ2v) is 14.0. The van der Waals surface area contributed by atoms with Gasteiger partial charge in [-0.1, -0.05) is 25.4 Å². The number of halogens is 1. The maximum Gasteiger partial charge on any atom is 0.229 e. The van der Waals surface area contributed by atoms with Gasteiger partial charge in [0.2, 0.25) is 5.95 Å². The molecule has 0 amide bonds. The van der Waals surface area contributed by atoms with Crippen molar-refractivity contribution in [1.29, 1.82) is 0 Å². The van der Waals surface area contributed by atoms with E-state index in [0.29, 0.717) is 39.5 Å². The van der Waals surface area contributed by atoms with Crippen molar-refractivity contribution in [3.05, 3.63) is 40.7 Å². The van der Waals surface area contributed by atoms with Crippen LogP contribution in [0, 0.1) is 6.92 Å². The Kier molecular flexibility index (Phi) is 10.0. The molecule has 3 aromatic rings. The van der Waals surface area contributed by atoms with E-state index in [2.05, 4.69) is 55.4 Å². The monoisotopic (exact) mass is 614 g/mol. The largest absolute Gasteiger partial charge is 0.488 e. The third-order valence-corrected chi connectivity index (χ3v) is 9.63. The van der Waals surface area contributed by atoms with Gasteiger partial charge in [0.05, 0.1) is 34.5 Å². The highest BCUT2D eigenvalue weighted by atomic mass is 35.5. The summed E-state index contributed by atoms with van der Waals surface area (Å²) in [4.78, 5) is 9.11. The molecule has 42 heavy (non-hydrogen) atoms. The number of benzene rings is 1. The van der Waals surface area contributed by atoms with Crippen LogP contribution in [0.15, 0.2) is 29.6 Å². The van der Waals surface area contributed by atoms with E-state index in [1.807, 2.05) is 20.9 Å².